The van der Waals surface area contributed by atoms with Crippen LogP contribution in [0.5, 0.6) is 0 Å². The first-order valence-corrected chi connectivity index (χ1v) is 12.5. The van der Waals surface area contributed by atoms with Crippen molar-refractivity contribution in [3.63, 3.8) is 0 Å². The van der Waals surface area contributed by atoms with Crippen LogP contribution in [0.15, 0.2) is 36.4 Å². The van der Waals surface area contributed by atoms with Gasteiger partial charge < -0.3 is 20.9 Å². The molecular weight excluding hydrogens is 481 g/mol. The van der Waals surface area contributed by atoms with Gasteiger partial charge in [0.25, 0.3) is 0 Å². The van der Waals surface area contributed by atoms with E-state index in [4.69, 9.17) is 5.73 Å². The minimum absolute atomic E-state index is 0.0782. The molecule has 37 heavy (non-hydrogen) atoms. The van der Waals surface area contributed by atoms with Gasteiger partial charge in [-0.05, 0) is 62.4 Å². The van der Waals surface area contributed by atoms with E-state index in [1.807, 2.05) is 37.1 Å². The monoisotopic (exact) mass is 512 g/mol. The van der Waals surface area contributed by atoms with Crippen molar-refractivity contribution >= 4 is 28.2 Å². The molecule has 0 aliphatic carbocycles. The Morgan fingerprint density at radius 1 is 1.03 bits per heavy atom. The first-order chi connectivity index (χ1) is 17.5. The van der Waals surface area contributed by atoms with Crippen molar-refractivity contribution in [2.75, 3.05) is 36.9 Å². The number of fused-ring (bicyclic) bond motifs is 1. The van der Waals surface area contributed by atoms with Gasteiger partial charge in [0.15, 0.2) is 5.82 Å². The van der Waals surface area contributed by atoms with Crippen molar-refractivity contribution in [1.82, 2.24) is 15.1 Å². The number of benzene rings is 2. The molecule has 0 radical (unpaired) electrons. The van der Waals surface area contributed by atoms with E-state index in [0.29, 0.717) is 11.4 Å². The van der Waals surface area contributed by atoms with Crippen molar-refractivity contribution < 1.29 is 18.0 Å². The number of anilines is 2. The Labute approximate surface area is 213 Å². The number of nitrogens with zero attached hydrogens (tertiary/aromatic N) is 4. The van der Waals surface area contributed by atoms with Gasteiger partial charge in [-0.15, -0.1) is 5.10 Å². The largest absolute Gasteiger partial charge is 0.416 e. The van der Waals surface area contributed by atoms with Crippen molar-refractivity contribution in [2.45, 2.75) is 45.5 Å². The van der Waals surface area contributed by atoms with Crippen LogP contribution in [0.2, 0.25) is 0 Å². The maximum atomic E-state index is 13.4. The fraction of sp³-hybridized carbons (Fsp3) is 0.444. The Balaban J connectivity index is 1.42. The van der Waals surface area contributed by atoms with Crippen LogP contribution in [0.25, 0.3) is 10.8 Å². The standard InChI is InChI=1S/C27H31F3N6O/c1-16-19(5-4-6-22(16)27(28,29)30)23(31)32-24-21-15-18(7-8-20(21)17(2)33-34-24)36-13-10-26(11-14-36)9-12-35(3)25(26)37/h4-8,15,23H,9-14,31H2,1-3H3,(H,32,34)/t23-/m0/s1. The van der Waals surface area contributed by atoms with Crippen LogP contribution in [-0.4, -0.2) is 47.7 Å². The van der Waals surface area contributed by atoms with Crippen molar-refractivity contribution in [1.29, 1.82) is 0 Å². The third kappa shape index (κ3) is 4.47. The summed E-state index contributed by atoms with van der Waals surface area (Å²) in [6.45, 7) is 5.64. The predicted molar refractivity (Wildman–Crippen MR) is 137 cm³/mol. The number of nitrogens with one attached hydrogen (secondary N) is 1. The second-order valence-electron chi connectivity index (χ2n) is 10.2. The van der Waals surface area contributed by atoms with Crippen molar-refractivity contribution in [2.24, 2.45) is 11.1 Å². The van der Waals surface area contributed by atoms with Gasteiger partial charge in [-0.2, -0.15) is 18.3 Å². The fourth-order valence-corrected chi connectivity index (χ4v) is 5.75. The summed E-state index contributed by atoms with van der Waals surface area (Å²) in [5.41, 5.74) is 7.56. The summed E-state index contributed by atoms with van der Waals surface area (Å²) in [5.74, 6) is 0.662. The van der Waals surface area contributed by atoms with Gasteiger partial charge >= 0.3 is 6.18 Å². The molecule has 2 aliphatic heterocycles. The molecule has 0 saturated carbocycles. The number of alkyl halides is 3. The van der Waals surface area contributed by atoms with Gasteiger partial charge in [0.05, 0.1) is 16.7 Å². The summed E-state index contributed by atoms with van der Waals surface area (Å²) < 4.78 is 40.3. The number of halogens is 3. The summed E-state index contributed by atoms with van der Waals surface area (Å²) in [6.07, 6.45) is -2.84. The highest BCUT2D eigenvalue weighted by Gasteiger charge is 2.46. The number of hydrogen-bond donors (Lipinski definition) is 2. The van der Waals surface area contributed by atoms with E-state index in [9.17, 15) is 18.0 Å². The molecule has 1 spiro atoms. The summed E-state index contributed by atoms with van der Waals surface area (Å²) in [5, 5.41) is 13.3. The Kier molecular flexibility index (Phi) is 6.26. The van der Waals surface area contributed by atoms with Crippen LogP contribution < -0.4 is 16.0 Å². The number of hydrogen-bond acceptors (Lipinski definition) is 6. The van der Waals surface area contributed by atoms with Crippen LogP contribution in [0.3, 0.4) is 0 Å². The summed E-state index contributed by atoms with van der Waals surface area (Å²) in [6, 6.07) is 10.0. The average molecular weight is 513 g/mol. The van der Waals surface area contributed by atoms with E-state index >= 15 is 0 Å². The lowest BCUT2D eigenvalue weighted by Crippen LogP contribution is -2.44. The minimum Gasteiger partial charge on any atom is -0.371 e. The molecule has 0 bridgehead atoms. The lowest BCUT2D eigenvalue weighted by Gasteiger charge is -2.39. The number of likely N-dealkylation sites (tertiary alicyclic amines) is 1. The SMILES string of the molecule is Cc1c([C@@H](N)Nc2nnc(C)c3ccc(N4CCC5(CCN(C)C5=O)CC4)cc23)cccc1C(F)(F)F. The molecule has 1 atom stereocenters. The molecule has 1 amide bonds. The van der Waals surface area contributed by atoms with Crippen molar-refractivity contribution in [3.05, 3.63) is 58.8 Å². The fourth-order valence-electron chi connectivity index (χ4n) is 5.75. The Bertz CT molecular complexity index is 1350. The smallest absolute Gasteiger partial charge is 0.371 e. The molecule has 3 heterocycles. The van der Waals surface area contributed by atoms with E-state index in [-0.39, 0.29) is 16.9 Å². The predicted octanol–water partition coefficient (Wildman–Crippen LogP) is 4.78. The second kappa shape index (κ2) is 9.16. The maximum Gasteiger partial charge on any atom is 0.416 e. The van der Waals surface area contributed by atoms with Crippen LogP contribution in [0.1, 0.15) is 47.8 Å². The van der Waals surface area contributed by atoms with Crippen LogP contribution in [-0.2, 0) is 11.0 Å². The Hall–Kier alpha value is -3.40. The average Bonchev–Trinajstić information content (AvgIpc) is 3.14. The number of aromatic nitrogens is 2. The molecule has 196 valence electrons. The molecule has 2 aromatic carbocycles. The number of nitrogens with two attached hydrogens (primary N) is 1. The van der Waals surface area contributed by atoms with Crippen LogP contribution in [0, 0.1) is 19.3 Å². The Morgan fingerprint density at radius 3 is 2.38 bits per heavy atom. The maximum absolute atomic E-state index is 13.4. The number of carbonyl (C=O) groups is 1. The molecule has 10 heteroatoms. The zero-order valence-corrected chi connectivity index (χ0v) is 21.2. The summed E-state index contributed by atoms with van der Waals surface area (Å²) in [7, 11) is 1.87. The molecule has 2 saturated heterocycles. The second-order valence-corrected chi connectivity index (χ2v) is 10.2. The summed E-state index contributed by atoms with van der Waals surface area (Å²) >= 11 is 0. The molecule has 1 aromatic heterocycles. The van der Waals surface area contributed by atoms with Gasteiger partial charge in [0.1, 0.15) is 6.17 Å². The topological polar surface area (TPSA) is 87.4 Å². The molecule has 2 aliphatic rings. The number of amides is 1. The number of piperidine rings is 1. The third-order valence-electron chi connectivity index (χ3n) is 8.07. The molecular formula is C27H31F3N6O. The molecule has 7 nitrogen and oxygen atoms in total. The zero-order valence-electron chi connectivity index (χ0n) is 21.2. The lowest BCUT2D eigenvalue weighted by atomic mass is 9.77. The third-order valence-corrected chi connectivity index (χ3v) is 8.07. The zero-order chi connectivity index (χ0) is 26.5. The molecule has 3 N–H and O–H groups in total. The first-order valence-electron chi connectivity index (χ1n) is 12.5. The van der Waals surface area contributed by atoms with Crippen molar-refractivity contribution in [3.8, 4) is 0 Å². The normalized spacial score (nSPS) is 18.6. The van der Waals surface area contributed by atoms with Gasteiger partial charge in [0.2, 0.25) is 5.91 Å². The van der Waals surface area contributed by atoms with E-state index < -0.39 is 17.9 Å². The summed E-state index contributed by atoms with van der Waals surface area (Å²) in [4.78, 5) is 16.8. The highest BCUT2D eigenvalue weighted by molar-refractivity contribution is 5.95. The number of carbonyl (C=O) groups excluding carboxylic acids is 1. The lowest BCUT2D eigenvalue weighted by molar-refractivity contribution is -0.138. The van der Waals surface area contributed by atoms with E-state index in [1.54, 1.807) is 6.07 Å². The van der Waals surface area contributed by atoms with Gasteiger partial charge in [-0.3, -0.25) is 4.79 Å². The highest BCUT2D eigenvalue weighted by atomic mass is 19.4. The van der Waals surface area contributed by atoms with Crippen LogP contribution >= 0.6 is 0 Å². The molecule has 3 aromatic rings. The highest BCUT2D eigenvalue weighted by Crippen LogP contribution is 2.42. The molecule has 5 rings (SSSR count). The van der Waals surface area contributed by atoms with E-state index in [2.05, 4.69) is 20.4 Å². The number of aryl methyl sites for hydroxylation is 1. The van der Waals surface area contributed by atoms with E-state index in [0.717, 1.165) is 67.1 Å². The Morgan fingerprint density at radius 2 is 1.73 bits per heavy atom. The minimum atomic E-state index is -4.46. The molecule has 0 unspecified atom stereocenters. The quantitative estimate of drug-likeness (QED) is 0.489. The van der Waals surface area contributed by atoms with Gasteiger partial charge in [0, 0.05) is 43.1 Å². The molecule has 2 fully saturated rings. The van der Waals surface area contributed by atoms with E-state index in [1.165, 1.54) is 13.0 Å². The van der Waals surface area contributed by atoms with Crippen LogP contribution in [0.4, 0.5) is 24.7 Å². The van der Waals surface area contributed by atoms with Gasteiger partial charge in [-0.25, -0.2) is 0 Å². The van der Waals surface area contributed by atoms with Gasteiger partial charge in [-0.1, -0.05) is 18.2 Å². The number of rotatable bonds is 4. The first kappa shape index (κ1) is 25.3.